The minimum atomic E-state index is -0.787. The second kappa shape index (κ2) is 12.2. The van der Waals surface area contributed by atoms with Crippen molar-refractivity contribution in [3.05, 3.63) is 90.7 Å². The average Bonchev–Trinajstić information content (AvgIpc) is 3.64. The average molecular weight is 633 g/mol. The molecule has 0 saturated carbocycles. The Labute approximate surface area is 263 Å². The van der Waals surface area contributed by atoms with E-state index in [4.69, 9.17) is 26.1 Å². The Balaban J connectivity index is 1.32. The first-order valence-corrected chi connectivity index (χ1v) is 14.9. The van der Waals surface area contributed by atoms with Gasteiger partial charge in [-0.25, -0.2) is 14.5 Å². The normalized spacial score (nSPS) is 19.0. The van der Waals surface area contributed by atoms with E-state index >= 15 is 0 Å². The summed E-state index contributed by atoms with van der Waals surface area (Å²) in [7, 11) is 4.26. The molecule has 0 spiro atoms. The molecule has 3 atom stereocenters. The van der Waals surface area contributed by atoms with Crippen molar-refractivity contribution in [3.8, 4) is 28.3 Å². The number of nitrogens with zero attached hydrogens (tertiary/aromatic N) is 4. The van der Waals surface area contributed by atoms with E-state index in [0.717, 1.165) is 55.5 Å². The van der Waals surface area contributed by atoms with E-state index in [-0.39, 0.29) is 12.1 Å². The number of aliphatic hydroxyl groups excluding tert-OH is 1. The minimum Gasteiger partial charge on any atom is -0.481 e. The second-order valence-corrected chi connectivity index (χ2v) is 11.7. The molecule has 1 unspecified atom stereocenters. The molecule has 4 aromatic rings. The quantitative estimate of drug-likeness (QED) is 0.280. The van der Waals surface area contributed by atoms with Crippen LogP contribution in [0, 0.1) is 6.92 Å². The molecule has 13 heteroatoms. The smallest absolute Gasteiger partial charge is 0.346 e. The number of rotatable bonds is 7. The molecule has 1 fully saturated rings. The molecule has 2 aromatic heterocycles. The summed E-state index contributed by atoms with van der Waals surface area (Å²) in [6.45, 7) is 2.62. The standard InChI is InChI=1S/C32H33ClN6O6/c1-16-18(7-6-10-21(16)35-29(41)28-31(42)38(2)32(43)39(3)37-28)19-8-5-9-20(27(19)33)23-13-17-11-12-22(26(17)30(36-23)44-4)34-24-14-45-15-25(24)40/h5-10,13,22,24-25,34,40H,11-12,14-15H2,1-4H3,(H,35,41)/t22?,24-,25-/m1/s1. The minimum absolute atomic E-state index is 0.0172. The van der Waals surface area contributed by atoms with Crippen LogP contribution in [0.1, 0.15) is 39.6 Å². The first-order valence-electron chi connectivity index (χ1n) is 14.5. The Bertz CT molecular complexity index is 1940. The van der Waals surface area contributed by atoms with E-state index in [1.165, 1.54) is 14.1 Å². The Morgan fingerprint density at radius 3 is 2.58 bits per heavy atom. The fourth-order valence-electron chi connectivity index (χ4n) is 6.05. The Hall–Kier alpha value is -4.36. The molecule has 3 N–H and O–H groups in total. The maximum absolute atomic E-state index is 13.1. The summed E-state index contributed by atoms with van der Waals surface area (Å²) >= 11 is 7.07. The summed E-state index contributed by atoms with van der Waals surface area (Å²) in [5.74, 6) is -0.227. The van der Waals surface area contributed by atoms with Crippen LogP contribution in [0.15, 0.2) is 52.1 Å². The number of benzene rings is 2. The maximum Gasteiger partial charge on any atom is 0.346 e. The number of pyridine rings is 1. The number of amides is 1. The van der Waals surface area contributed by atoms with Gasteiger partial charge in [-0.1, -0.05) is 41.9 Å². The number of carbonyl (C=O) groups is 1. The lowest BCUT2D eigenvalue weighted by Crippen LogP contribution is -2.43. The van der Waals surface area contributed by atoms with Gasteiger partial charge in [0.15, 0.2) is 0 Å². The first-order chi connectivity index (χ1) is 21.6. The molecule has 2 aliphatic rings. The summed E-state index contributed by atoms with van der Waals surface area (Å²) in [6.07, 6.45) is 1.10. The van der Waals surface area contributed by atoms with Crippen LogP contribution in [0.3, 0.4) is 0 Å². The number of halogens is 1. The molecule has 0 radical (unpaired) electrons. The van der Waals surface area contributed by atoms with Gasteiger partial charge < -0.3 is 25.2 Å². The van der Waals surface area contributed by atoms with Gasteiger partial charge in [0.05, 0.1) is 43.2 Å². The zero-order valence-electron chi connectivity index (χ0n) is 25.3. The molecule has 6 rings (SSSR count). The molecular weight excluding hydrogens is 600 g/mol. The lowest BCUT2D eigenvalue weighted by atomic mass is 9.96. The molecular formula is C32H33ClN6O6. The van der Waals surface area contributed by atoms with E-state index in [9.17, 15) is 19.5 Å². The van der Waals surface area contributed by atoms with Crippen LogP contribution in [0.2, 0.25) is 5.02 Å². The molecule has 1 aliphatic heterocycles. The Kier molecular flexibility index (Phi) is 8.31. The van der Waals surface area contributed by atoms with Gasteiger partial charge >= 0.3 is 5.69 Å². The van der Waals surface area contributed by atoms with Gasteiger partial charge in [-0.3, -0.25) is 14.2 Å². The number of hydrogen-bond acceptors (Lipinski definition) is 9. The van der Waals surface area contributed by atoms with E-state index < -0.39 is 29.0 Å². The summed E-state index contributed by atoms with van der Waals surface area (Å²) in [6, 6.07) is 13.0. The van der Waals surface area contributed by atoms with E-state index in [0.29, 0.717) is 35.5 Å². The molecule has 1 aliphatic carbocycles. The van der Waals surface area contributed by atoms with Gasteiger partial charge in [0.25, 0.3) is 11.5 Å². The van der Waals surface area contributed by atoms with Crippen molar-refractivity contribution in [2.24, 2.45) is 14.1 Å². The molecule has 1 saturated heterocycles. The van der Waals surface area contributed by atoms with Crippen LogP contribution in [-0.4, -0.2) is 62.8 Å². The van der Waals surface area contributed by atoms with Crippen molar-refractivity contribution in [1.82, 2.24) is 24.6 Å². The second-order valence-electron chi connectivity index (χ2n) is 11.3. The van der Waals surface area contributed by atoms with E-state index in [2.05, 4.69) is 15.7 Å². The number of aromatic nitrogens is 4. The molecule has 12 nitrogen and oxygen atoms in total. The van der Waals surface area contributed by atoms with Crippen molar-refractivity contribution < 1.29 is 19.4 Å². The van der Waals surface area contributed by atoms with Crippen LogP contribution < -0.4 is 26.6 Å². The van der Waals surface area contributed by atoms with Crippen molar-refractivity contribution in [2.75, 3.05) is 25.6 Å². The molecule has 3 heterocycles. The van der Waals surface area contributed by atoms with Crippen LogP contribution in [-0.2, 0) is 25.3 Å². The van der Waals surface area contributed by atoms with Gasteiger partial charge in [-0.2, -0.15) is 5.10 Å². The number of hydrogen-bond donors (Lipinski definition) is 3. The fourth-order valence-corrected chi connectivity index (χ4v) is 6.37. The SMILES string of the molecule is COc1nc(-c2cccc(-c3cccc(NC(=O)c4nn(C)c(=O)n(C)c4=O)c3C)c2Cl)cc2c1C(N[C@@H]1COC[C@H]1O)CC2. The van der Waals surface area contributed by atoms with Gasteiger partial charge in [0.2, 0.25) is 11.6 Å². The maximum atomic E-state index is 13.1. The number of fused-ring (bicyclic) bond motifs is 1. The third-order valence-corrected chi connectivity index (χ3v) is 8.91. The number of aryl methyl sites for hydroxylation is 2. The van der Waals surface area contributed by atoms with Crippen LogP contribution in [0.25, 0.3) is 22.4 Å². The lowest BCUT2D eigenvalue weighted by Gasteiger charge is -2.22. The van der Waals surface area contributed by atoms with Gasteiger partial charge in [-0.15, -0.1) is 0 Å². The monoisotopic (exact) mass is 632 g/mol. The topological polar surface area (TPSA) is 150 Å². The summed E-state index contributed by atoms with van der Waals surface area (Å²) in [4.78, 5) is 42.5. The van der Waals surface area contributed by atoms with Crippen LogP contribution >= 0.6 is 11.6 Å². The highest BCUT2D eigenvalue weighted by Crippen LogP contribution is 2.43. The highest BCUT2D eigenvalue weighted by molar-refractivity contribution is 6.36. The number of methoxy groups -OCH3 is 1. The summed E-state index contributed by atoms with van der Waals surface area (Å²) in [5, 5.41) is 20.9. The Morgan fingerprint density at radius 1 is 1.11 bits per heavy atom. The van der Waals surface area contributed by atoms with E-state index in [1.807, 2.05) is 37.3 Å². The largest absolute Gasteiger partial charge is 0.481 e. The first kappa shape index (κ1) is 30.7. The zero-order chi connectivity index (χ0) is 32.0. The molecule has 1 amide bonds. The van der Waals surface area contributed by atoms with Crippen molar-refractivity contribution >= 4 is 23.2 Å². The van der Waals surface area contributed by atoms with Crippen molar-refractivity contribution in [2.45, 2.75) is 38.0 Å². The fraction of sp³-hybridized carbons (Fsp3) is 0.344. The number of carbonyl (C=O) groups excluding carboxylic acids is 1. The number of anilines is 1. The van der Waals surface area contributed by atoms with Gasteiger partial charge in [0, 0.05) is 42.5 Å². The third kappa shape index (κ3) is 5.54. The lowest BCUT2D eigenvalue weighted by molar-refractivity contribution is 0.101. The highest BCUT2D eigenvalue weighted by atomic mass is 35.5. The van der Waals surface area contributed by atoms with Crippen molar-refractivity contribution in [3.63, 3.8) is 0 Å². The van der Waals surface area contributed by atoms with Crippen LogP contribution in [0.5, 0.6) is 5.88 Å². The molecule has 2 aromatic carbocycles. The Morgan fingerprint density at radius 2 is 1.84 bits per heavy atom. The molecule has 0 bridgehead atoms. The number of aliphatic hydroxyl groups is 1. The number of nitrogens with one attached hydrogen (secondary N) is 2. The predicted octanol–water partition coefficient (Wildman–Crippen LogP) is 2.77. The van der Waals surface area contributed by atoms with Gasteiger partial charge in [-0.05, 0) is 48.6 Å². The summed E-state index contributed by atoms with van der Waals surface area (Å²) in [5.41, 5.74) is 4.34. The van der Waals surface area contributed by atoms with Gasteiger partial charge in [0.1, 0.15) is 0 Å². The van der Waals surface area contributed by atoms with Crippen molar-refractivity contribution in [1.29, 1.82) is 0 Å². The molecule has 45 heavy (non-hydrogen) atoms. The predicted molar refractivity (Wildman–Crippen MR) is 169 cm³/mol. The van der Waals surface area contributed by atoms with E-state index in [1.54, 1.807) is 19.2 Å². The zero-order valence-corrected chi connectivity index (χ0v) is 26.0. The molecule has 234 valence electrons. The number of ether oxygens (including phenoxy) is 2. The van der Waals surface area contributed by atoms with Crippen LogP contribution in [0.4, 0.5) is 5.69 Å². The summed E-state index contributed by atoms with van der Waals surface area (Å²) < 4.78 is 12.9. The third-order valence-electron chi connectivity index (χ3n) is 8.50. The highest BCUT2D eigenvalue weighted by Gasteiger charge is 2.34.